The number of hydrogen-bond donors (Lipinski definition) is 2. The van der Waals surface area contributed by atoms with Gasteiger partial charge in [-0.15, -0.1) is 0 Å². The van der Waals surface area contributed by atoms with E-state index >= 15 is 0 Å². The molecule has 0 saturated heterocycles. The number of thiophene rings is 1. The smallest absolute Gasteiger partial charge is 0.305 e. The average Bonchev–Trinajstić information content (AvgIpc) is 2.84. The van der Waals surface area contributed by atoms with Gasteiger partial charge in [0.1, 0.15) is 27.3 Å². The molecule has 3 aromatic rings. The molecule has 1 aliphatic rings. The second-order valence-electron chi connectivity index (χ2n) is 7.36. The van der Waals surface area contributed by atoms with Crippen LogP contribution in [0.5, 0.6) is 0 Å². The standard InChI is InChI=1S/C20H20F2N4O2S/c1-10-3-6-15-24-18-16(19(27)26(15)8-7-10)11(2)17(29-18)25-20(28)23-14-5-4-12(21)9-13(14)22/h4-5,9-10H,3,6-8H2,1-2H3,(H2,23,25,28)/t10-/m0/s1. The molecule has 0 bridgehead atoms. The first kappa shape index (κ1) is 19.5. The van der Waals surface area contributed by atoms with Gasteiger partial charge < -0.3 is 5.32 Å². The fourth-order valence-electron chi connectivity index (χ4n) is 3.52. The summed E-state index contributed by atoms with van der Waals surface area (Å²) < 4.78 is 28.5. The van der Waals surface area contributed by atoms with Crippen LogP contribution in [-0.4, -0.2) is 15.6 Å². The first-order valence-electron chi connectivity index (χ1n) is 9.39. The number of benzene rings is 1. The van der Waals surface area contributed by atoms with E-state index in [4.69, 9.17) is 0 Å². The fourth-order valence-corrected chi connectivity index (χ4v) is 4.60. The largest absolute Gasteiger partial charge is 0.324 e. The van der Waals surface area contributed by atoms with Crippen LogP contribution in [0.25, 0.3) is 10.2 Å². The number of hydrogen-bond acceptors (Lipinski definition) is 4. The minimum atomic E-state index is -0.869. The number of anilines is 2. The number of amides is 2. The fraction of sp³-hybridized carbons (Fsp3) is 0.350. The van der Waals surface area contributed by atoms with Gasteiger partial charge in [0.05, 0.1) is 11.1 Å². The third-order valence-corrected chi connectivity index (χ3v) is 6.34. The minimum absolute atomic E-state index is 0.0918. The van der Waals surface area contributed by atoms with Gasteiger partial charge in [-0.25, -0.2) is 18.6 Å². The van der Waals surface area contributed by atoms with E-state index in [2.05, 4.69) is 22.5 Å². The lowest BCUT2D eigenvalue weighted by atomic mass is 10.0. The highest BCUT2D eigenvalue weighted by Gasteiger charge is 2.21. The quantitative estimate of drug-likeness (QED) is 0.636. The maximum Gasteiger partial charge on any atom is 0.324 e. The molecule has 0 saturated carbocycles. The van der Waals surface area contributed by atoms with Crippen LogP contribution in [0, 0.1) is 24.5 Å². The number of carbonyl (C=O) groups is 1. The Balaban J connectivity index is 1.63. The van der Waals surface area contributed by atoms with E-state index in [9.17, 15) is 18.4 Å². The Labute approximate surface area is 169 Å². The lowest BCUT2D eigenvalue weighted by Gasteiger charge is -2.08. The molecule has 1 atom stereocenters. The molecule has 6 nitrogen and oxygen atoms in total. The summed E-state index contributed by atoms with van der Waals surface area (Å²) in [6, 6.07) is 2.22. The third-order valence-electron chi connectivity index (χ3n) is 5.24. The third kappa shape index (κ3) is 3.74. The van der Waals surface area contributed by atoms with E-state index in [1.165, 1.54) is 11.3 Å². The molecular weight excluding hydrogens is 398 g/mol. The van der Waals surface area contributed by atoms with E-state index < -0.39 is 17.7 Å². The van der Waals surface area contributed by atoms with E-state index in [-0.39, 0.29) is 11.2 Å². The van der Waals surface area contributed by atoms with Crippen molar-refractivity contribution >= 4 is 38.3 Å². The molecule has 0 fully saturated rings. The summed E-state index contributed by atoms with van der Waals surface area (Å²) >= 11 is 1.21. The first-order chi connectivity index (χ1) is 13.8. The lowest BCUT2D eigenvalue weighted by molar-refractivity contribution is 0.262. The van der Waals surface area contributed by atoms with Crippen LogP contribution in [0.15, 0.2) is 23.0 Å². The summed E-state index contributed by atoms with van der Waals surface area (Å²) in [5.74, 6) is -0.277. The summed E-state index contributed by atoms with van der Waals surface area (Å²) in [6.45, 7) is 4.57. The van der Waals surface area contributed by atoms with Gasteiger partial charge in [-0.05, 0) is 43.4 Å². The first-order valence-corrected chi connectivity index (χ1v) is 10.2. The SMILES string of the molecule is Cc1c(NC(=O)Nc2ccc(F)cc2F)sc2nc3n(c(=O)c12)CC[C@@H](C)CC3. The predicted molar refractivity (Wildman–Crippen MR) is 110 cm³/mol. The van der Waals surface area contributed by atoms with Crippen LogP contribution in [0.4, 0.5) is 24.3 Å². The number of halogens is 2. The molecule has 2 amide bonds. The van der Waals surface area contributed by atoms with Crippen molar-refractivity contribution in [3.05, 3.63) is 51.6 Å². The molecule has 2 aromatic heterocycles. The zero-order valence-electron chi connectivity index (χ0n) is 16.0. The van der Waals surface area contributed by atoms with E-state index in [0.29, 0.717) is 39.3 Å². The normalized spacial score (nSPS) is 16.3. The average molecular weight is 418 g/mol. The predicted octanol–water partition coefficient (Wildman–Crippen LogP) is 4.66. The van der Waals surface area contributed by atoms with E-state index in [1.807, 2.05) is 0 Å². The van der Waals surface area contributed by atoms with Crippen molar-refractivity contribution in [1.29, 1.82) is 0 Å². The summed E-state index contributed by atoms with van der Waals surface area (Å²) in [6.07, 6.45) is 2.66. The zero-order valence-corrected chi connectivity index (χ0v) is 16.8. The number of aromatic nitrogens is 2. The summed E-state index contributed by atoms with van der Waals surface area (Å²) in [5, 5.41) is 5.97. The topological polar surface area (TPSA) is 76.0 Å². The van der Waals surface area contributed by atoms with Crippen LogP contribution < -0.4 is 16.2 Å². The number of rotatable bonds is 2. The van der Waals surface area contributed by atoms with Gasteiger partial charge in [0.15, 0.2) is 0 Å². The molecule has 29 heavy (non-hydrogen) atoms. The number of urea groups is 1. The summed E-state index contributed by atoms with van der Waals surface area (Å²) in [7, 11) is 0. The molecular formula is C20H20F2N4O2S. The van der Waals surface area contributed by atoms with Gasteiger partial charge in [-0.2, -0.15) is 0 Å². The molecule has 0 radical (unpaired) electrons. The van der Waals surface area contributed by atoms with E-state index in [0.717, 1.165) is 37.2 Å². The number of aryl methyl sites for hydroxylation is 2. The van der Waals surface area contributed by atoms with Gasteiger partial charge in [-0.3, -0.25) is 14.7 Å². The maximum atomic E-state index is 13.7. The van der Waals surface area contributed by atoms with Crippen LogP contribution in [0.2, 0.25) is 0 Å². The van der Waals surface area contributed by atoms with Crippen molar-refractivity contribution in [1.82, 2.24) is 9.55 Å². The molecule has 0 unspecified atom stereocenters. The second kappa shape index (κ2) is 7.55. The molecule has 9 heteroatoms. The number of carbonyl (C=O) groups excluding carboxylic acids is 1. The highest BCUT2D eigenvalue weighted by molar-refractivity contribution is 7.22. The minimum Gasteiger partial charge on any atom is -0.305 e. The number of fused-ring (bicyclic) bond motifs is 2. The Morgan fingerprint density at radius 3 is 2.83 bits per heavy atom. The van der Waals surface area contributed by atoms with Gasteiger partial charge >= 0.3 is 6.03 Å². The van der Waals surface area contributed by atoms with Gasteiger partial charge in [0.25, 0.3) is 5.56 Å². The van der Waals surface area contributed by atoms with Crippen LogP contribution in [0.1, 0.15) is 31.2 Å². The summed E-state index contributed by atoms with van der Waals surface area (Å²) in [5.41, 5.74) is 0.400. The van der Waals surface area contributed by atoms with Crippen LogP contribution in [-0.2, 0) is 13.0 Å². The van der Waals surface area contributed by atoms with E-state index in [1.54, 1.807) is 11.5 Å². The molecule has 4 rings (SSSR count). The number of nitrogens with one attached hydrogen (secondary N) is 2. The van der Waals surface area contributed by atoms with Crippen molar-refractivity contribution in [2.45, 2.75) is 39.7 Å². The number of nitrogens with zero attached hydrogens (tertiary/aromatic N) is 2. The Morgan fingerprint density at radius 2 is 2.07 bits per heavy atom. The van der Waals surface area contributed by atoms with Gasteiger partial charge in [0.2, 0.25) is 0 Å². The van der Waals surface area contributed by atoms with Crippen LogP contribution >= 0.6 is 11.3 Å². The summed E-state index contributed by atoms with van der Waals surface area (Å²) in [4.78, 5) is 30.6. The lowest BCUT2D eigenvalue weighted by Crippen LogP contribution is -2.24. The Hall–Kier alpha value is -2.81. The second-order valence-corrected chi connectivity index (χ2v) is 8.36. The Bertz CT molecular complexity index is 1170. The van der Waals surface area contributed by atoms with Crippen molar-refractivity contribution in [2.24, 2.45) is 5.92 Å². The molecule has 0 spiro atoms. The van der Waals surface area contributed by atoms with Crippen LogP contribution in [0.3, 0.4) is 0 Å². The monoisotopic (exact) mass is 418 g/mol. The zero-order chi connectivity index (χ0) is 20.7. The van der Waals surface area contributed by atoms with Gasteiger partial charge in [0, 0.05) is 19.0 Å². The Morgan fingerprint density at radius 1 is 1.28 bits per heavy atom. The molecule has 3 heterocycles. The van der Waals surface area contributed by atoms with Crippen molar-refractivity contribution in [2.75, 3.05) is 10.6 Å². The van der Waals surface area contributed by atoms with Gasteiger partial charge in [-0.1, -0.05) is 18.3 Å². The highest BCUT2D eigenvalue weighted by atomic mass is 32.1. The molecule has 1 aliphatic heterocycles. The molecule has 1 aromatic carbocycles. The van der Waals surface area contributed by atoms with Crippen molar-refractivity contribution < 1.29 is 13.6 Å². The molecule has 152 valence electrons. The Kier molecular flexibility index (Phi) is 5.08. The highest BCUT2D eigenvalue weighted by Crippen LogP contribution is 2.33. The molecule has 2 N–H and O–H groups in total. The van der Waals surface area contributed by atoms with Crippen molar-refractivity contribution in [3.63, 3.8) is 0 Å². The molecule has 0 aliphatic carbocycles. The maximum absolute atomic E-state index is 13.7. The van der Waals surface area contributed by atoms with Crippen molar-refractivity contribution in [3.8, 4) is 0 Å².